The molecule has 8 heteroatoms. The first kappa shape index (κ1) is 18.2. The van der Waals surface area contributed by atoms with E-state index in [1.165, 1.54) is 17.1 Å². The number of carboxylic acid groups (broad SMARTS) is 1. The van der Waals surface area contributed by atoms with Gasteiger partial charge in [0.05, 0.1) is 29.3 Å². The van der Waals surface area contributed by atoms with Crippen LogP contribution in [0.5, 0.6) is 0 Å². The highest BCUT2D eigenvalue weighted by Crippen LogP contribution is 2.42. The number of hydrogen-bond acceptors (Lipinski definition) is 4. The number of anilines is 1. The van der Waals surface area contributed by atoms with Crippen LogP contribution < -0.4 is 5.32 Å². The maximum atomic E-state index is 12.8. The van der Waals surface area contributed by atoms with Gasteiger partial charge in [0.1, 0.15) is 0 Å². The summed E-state index contributed by atoms with van der Waals surface area (Å²) in [5.41, 5.74) is 0.847. The Morgan fingerprint density at radius 2 is 2.04 bits per heavy atom. The van der Waals surface area contributed by atoms with Crippen molar-refractivity contribution in [3.05, 3.63) is 29.8 Å². The molecule has 2 aromatic rings. The molecule has 1 amide bonds. The van der Waals surface area contributed by atoms with Crippen molar-refractivity contribution in [3.8, 4) is 0 Å². The van der Waals surface area contributed by atoms with Gasteiger partial charge in [-0.05, 0) is 40.0 Å². The summed E-state index contributed by atoms with van der Waals surface area (Å²) in [6.07, 6.45) is 7.71. The number of rotatable bonds is 7. The van der Waals surface area contributed by atoms with Gasteiger partial charge in [-0.1, -0.05) is 6.92 Å². The topological polar surface area (TPSA) is 102 Å². The predicted molar refractivity (Wildman–Crippen MR) is 96.3 cm³/mol. The molecule has 0 bridgehead atoms. The van der Waals surface area contributed by atoms with Crippen molar-refractivity contribution in [3.63, 3.8) is 0 Å². The van der Waals surface area contributed by atoms with Crippen LogP contribution in [0, 0.1) is 0 Å². The summed E-state index contributed by atoms with van der Waals surface area (Å²) in [6.45, 7) is 7.30. The van der Waals surface area contributed by atoms with Crippen molar-refractivity contribution in [1.29, 1.82) is 0 Å². The van der Waals surface area contributed by atoms with Crippen LogP contribution in [0.1, 0.15) is 75.0 Å². The van der Waals surface area contributed by atoms with Crippen LogP contribution in [-0.4, -0.2) is 36.5 Å². The molecule has 3 rings (SSSR count). The third-order valence-corrected chi connectivity index (χ3v) is 4.99. The zero-order chi connectivity index (χ0) is 19.1. The Labute approximate surface area is 152 Å². The molecular weight excluding hydrogens is 334 g/mol. The Morgan fingerprint density at radius 3 is 2.62 bits per heavy atom. The van der Waals surface area contributed by atoms with Crippen LogP contribution in [0.15, 0.2) is 18.6 Å². The van der Waals surface area contributed by atoms with Crippen molar-refractivity contribution in [2.24, 2.45) is 0 Å². The van der Waals surface area contributed by atoms with Gasteiger partial charge in [-0.2, -0.15) is 10.2 Å². The number of nitrogens with zero attached hydrogens (tertiary/aromatic N) is 4. The highest BCUT2D eigenvalue weighted by molar-refractivity contribution is 6.05. The van der Waals surface area contributed by atoms with Crippen molar-refractivity contribution in [2.75, 3.05) is 5.32 Å². The third-order valence-electron chi connectivity index (χ3n) is 4.99. The van der Waals surface area contributed by atoms with E-state index in [9.17, 15) is 14.7 Å². The van der Waals surface area contributed by atoms with E-state index in [4.69, 9.17) is 0 Å². The number of carbonyl (C=O) groups excluding carboxylic acids is 1. The number of amides is 1. The van der Waals surface area contributed by atoms with E-state index in [0.29, 0.717) is 17.2 Å². The van der Waals surface area contributed by atoms with Crippen LogP contribution in [-0.2, 0) is 10.3 Å². The van der Waals surface area contributed by atoms with Crippen molar-refractivity contribution >= 4 is 17.6 Å². The van der Waals surface area contributed by atoms with Gasteiger partial charge in [0, 0.05) is 18.2 Å². The quantitative estimate of drug-likeness (QED) is 0.791. The lowest BCUT2D eigenvalue weighted by atomic mass is 10.1. The van der Waals surface area contributed by atoms with Crippen LogP contribution in [0.2, 0.25) is 0 Å². The molecule has 0 radical (unpaired) electrons. The second-order valence-corrected chi connectivity index (χ2v) is 7.41. The normalized spacial score (nSPS) is 15.7. The van der Waals surface area contributed by atoms with Crippen LogP contribution in [0.4, 0.5) is 5.69 Å². The molecule has 140 valence electrons. The first-order valence-corrected chi connectivity index (χ1v) is 8.93. The van der Waals surface area contributed by atoms with Gasteiger partial charge in [0.25, 0.3) is 5.91 Å². The fraction of sp³-hybridized carbons (Fsp3) is 0.556. The molecule has 2 N–H and O–H groups in total. The molecule has 1 fully saturated rings. The average Bonchev–Trinajstić information content (AvgIpc) is 3.15. The first-order chi connectivity index (χ1) is 12.3. The molecule has 0 saturated heterocycles. The first-order valence-electron chi connectivity index (χ1n) is 8.93. The van der Waals surface area contributed by atoms with E-state index in [1.54, 1.807) is 20.0 Å². The minimum absolute atomic E-state index is 0.242. The van der Waals surface area contributed by atoms with Gasteiger partial charge in [0.2, 0.25) is 0 Å². The summed E-state index contributed by atoms with van der Waals surface area (Å²) in [5.74, 6) is -0.848. The molecule has 1 unspecified atom stereocenters. The second-order valence-electron chi connectivity index (χ2n) is 7.41. The second kappa shape index (κ2) is 6.59. The van der Waals surface area contributed by atoms with E-state index >= 15 is 0 Å². The molecule has 0 spiro atoms. The fourth-order valence-corrected chi connectivity index (χ4v) is 2.82. The lowest BCUT2D eigenvalue weighted by Gasteiger charge is -2.19. The van der Waals surface area contributed by atoms with Gasteiger partial charge in [-0.15, -0.1) is 0 Å². The molecule has 1 aliphatic carbocycles. The Morgan fingerprint density at radius 1 is 1.35 bits per heavy atom. The van der Waals surface area contributed by atoms with Crippen molar-refractivity contribution < 1.29 is 14.7 Å². The predicted octanol–water partition coefficient (Wildman–Crippen LogP) is 3.00. The number of aliphatic carboxylic acids is 1. The molecule has 8 nitrogen and oxygen atoms in total. The standard InChI is InChI=1S/C18H25N5O3/c1-5-11(2)23-15(12-6-7-12)14(9-20-23)16(24)21-13-8-19-22(10-13)18(3,4)17(25)26/h8-12H,5-7H2,1-4H3,(H,21,24)(H,25,26). The smallest absolute Gasteiger partial charge is 0.331 e. The van der Waals surface area contributed by atoms with E-state index in [0.717, 1.165) is 25.0 Å². The Balaban J connectivity index is 1.82. The highest BCUT2D eigenvalue weighted by Gasteiger charge is 2.34. The maximum absolute atomic E-state index is 12.8. The Bertz CT molecular complexity index is 832. The monoisotopic (exact) mass is 359 g/mol. The molecule has 1 saturated carbocycles. The van der Waals surface area contributed by atoms with E-state index in [2.05, 4.69) is 29.4 Å². The van der Waals surface area contributed by atoms with E-state index < -0.39 is 11.5 Å². The molecule has 2 heterocycles. The van der Waals surface area contributed by atoms with E-state index in [-0.39, 0.29) is 11.9 Å². The molecule has 0 aromatic carbocycles. The lowest BCUT2D eigenvalue weighted by Crippen LogP contribution is -2.35. The summed E-state index contributed by atoms with van der Waals surface area (Å²) in [5, 5.41) is 20.6. The summed E-state index contributed by atoms with van der Waals surface area (Å²) >= 11 is 0. The SMILES string of the molecule is CCC(C)n1ncc(C(=O)Nc2cnn(C(C)(C)C(=O)O)c2)c1C1CC1. The van der Waals surface area contributed by atoms with Crippen LogP contribution in [0.25, 0.3) is 0 Å². The zero-order valence-corrected chi connectivity index (χ0v) is 15.6. The minimum atomic E-state index is -1.19. The van der Waals surface area contributed by atoms with Crippen molar-refractivity contribution in [2.45, 2.75) is 64.5 Å². The summed E-state index contributed by atoms with van der Waals surface area (Å²) in [7, 11) is 0. The number of carboxylic acids is 1. The maximum Gasteiger partial charge on any atom is 0.331 e. The molecule has 0 aliphatic heterocycles. The summed E-state index contributed by atoms with van der Waals surface area (Å²) in [6, 6.07) is 0.242. The Hall–Kier alpha value is -2.64. The molecule has 2 aromatic heterocycles. The van der Waals surface area contributed by atoms with Gasteiger partial charge < -0.3 is 10.4 Å². The van der Waals surface area contributed by atoms with Gasteiger partial charge in [0.15, 0.2) is 5.54 Å². The van der Waals surface area contributed by atoms with Crippen LogP contribution >= 0.6 is 0 Å². The van der Waals surface area contributed by atoms with Crippen LogP contribution in [0.3, 0.4) is 0 Å². The average molecular weight is 359 g/mol. The minimum Gasteiger partial charge on any atom is -0.479 e. The largest absolute Gasteiger partial charge is 0.479 e. The van der Waals surface area contributed by atoms with E-state index in [1.807, 2.05) is 4.68 Å². The van der Waals surface area contributed by atoms with Gasteiger partial charge >= 0.3 is 5.97 Å². The molecule has 26 heavy (non-hydrogen) atoms. The molecule has 1 atom stereocenters. The summed E-state index contributed by atoms with van der Waals surface area (Å²) in [4.78, 5) is 24.1. The Kier molecular flexibility index (Phi) is 4.60. The third kappa shape index (κ3) is 3.23. The number of aromatic nitrogens is 4. The zero-order valence-electron chi connectivity index (χ0n) is 15.6. The molecule has 1 aliphatic rings. The lowest BCUT2D eigenvalue weighted by molar-refractivity contribution is -0.146. The van der Waals surface area contributed by atoms with Gasteiger partial charge in [-0.25, -0.2) is 4.79 Å². The number of hydrogen-bond donors (Lipinski definition) is 2. The number of nitrogens with one attached hydrogen (secondary N) is 1. The number of carbonyl (C=O) groups is 2. The van der Waals surface area contributed by atoms with Gasteiger partial charge in [-0.3, -0.25) is 14.2 Å². The fourth-order valence-electron chi connectivity index (χ4n) is 2.82. The van der Waals surface area contributed by atoms with Crippen molar-refractivity contribution in [1.82, 2.24) is 19.6 Å². The summed E-state index contributed by atoms with van der Waals surface area (Å²) < 4.78 is 3.29. The molecular formula is C18H25N5O3. The highest BCUT2D eigenvalue weighted by atomic mass is 16.4.